The predicted octanol–water partition coefficient (Wildman–Crippen LogP) is 2.09. The van der Waals surface area contributed by atoms with Crippen LogP contribution in [-0.2, 0) is 10.0 Å². The third-order valence-electron chi connectivity index (χ3n) is 3.38. The van der Waals surface area contributed by atoms with E-state index in [1.54, 1.807) is 4.31 Å². The molecule has 0 aromatic heterocycles. The van der Waals surface area contributed by atoms with Gasteiger partial charge in [-0.1, -0.05) is 20.8 Å². The minimum absolute atomic E-state index is 0.299. The fourth-order valence-electron chi connectivity index (χ4n) is 2.27. The van der Waals surface area contributed by atoms with Crippen molar-refractivity contribution in [1.82, 2.24) is 4.31 Å². The Labute approximate surface area is 93.9 Å². The number of rotatable bonds is 1. The molecule has 3 nitrogen and oxygen atoms in total. The first kappa shape index (κ1) is 13.0. The Morgan fingerprint density at radius 3 is 2.20 bits per heavy atom. The highest BCUT2D eigenvalue weighted by Crippen LogP contribution is 2.34. The maximum Gasteiger partial charge on any atom is 0.211 e. The molecule has 0 aliphatic carbocycles. The molecule has 1 rings (SSSR count). The van der Waals surface area contributed by atoms with Gasteiger partial charge in [-0.05, 0) is 30.6 Å². The number of sulfonamides is 1. The monoisotopic (exact) mass is 233 g/mol. The van der Waals surface area contributed by atoms with Crippen LogP contribution in [-0.4, -0.2) is 32.1 Å². The van der Waals surface area contributed by atoms with E-state index in [0.29, 0.717) is 24.4 Å². The molecular formula is C11H23NO2S. The number of hydrogen-bond acceptors (Lipinski definition) is 2. The van der Waals surface area contributed by atoms with E-state index in [0.717, 1.165) is 19.3 Å². The van der Waals surface area contributed by atoms with E-state index < -0.39 is 10.0 Å². The molecule has 0 bridgehead atoms. The van der Waals surface area contributed by atoms with Crippen molar-refractivity contribution in [1.29, 1.82) is 0 Å². The standard InChI is InChI=1S/C11H23NO2S/c1-11(2,3)10-6-5-8-12(9-7-10)15(4,13)14/h10H,5-9H2,1-4H3. The zero-order valence-corrected chi connectivity index (χ0v) is 11.1. The van der Waals surface area contributed by atoms with Crippen molar-refractivity contribution in [3.05, 3.63) is 0 Å². The summed E-state index contributed by atoms with van der Waals surface area (Å²) in [6, 6.07) is 0. The second-order valence-corrected chi connectivity index (χ2v) is 7.64. The smallest absolute Gasteiger partial charge is 0.211 e. The van der Waals surface area contributed by atoms with Gasteiger partial charge < -0.3 is 0 Å². The number of nitrogens with zero attached hydrogens (tertiary/aromatic N) is 1. The Kier molecular flexibility index (Phi) is 3.82. The molecule has 0 aromatic carbocycles. The topological polar surface area (TPSA) is 37.4 Å². The van der Waals surface area contributed by atoms with Crippen LogP contribution in [0.3, 0.4) is 0 Å². The Morgan fingerprint density at radius 1 is 1.13 bits per heavy atom. The molecule has 0 aromatic rings. The van der Waals surface area contributed by atoms with Crippen molar-refractivity contribution in [2.75, 3.05) is 19.3 Å². The summed E-state index contributed by atoms with van der Waals surface area (Å²) in [4.78, 5) is 0. The Bertz CT molecular complexity index is 303. The summed E-state index contributed by atoms with van der Waals surface area (Å²) in [5.74, 6) is 0.643. The zero-order chi connectivity index (χ0) is 11.7. The van der Waals surface area contributed by atoms with Crippen molar-refractivity contribution in [3.63, 3.8) is 0 Å². The van der Waals surface area contributed by atoms with E-state index in [9.17, 15) is 8.42 Å². The maximum absolute atomic E-state index is 11.4. The molecule has 1 aliphatic rings. The van der Waals surface area contributed by atoms with Gasteiger partial charge in [0.2, 0.25) is 10.0 Å². The summed E-state index contributed by atoms with van der Waals surface area (Å²) in [5, 5.41) is 0. The van der Waals surface area contributed by atoms with Gasteiger partial charge in [0.1, 0.15) is 0 Å². The van der Waals surface area contributed by atoms with Gasteiger partial charge in [0.25, 0.3) is 0 Å². The Balaban J connectivity index is 2.65. The van der Waals surface area contributed by atoms with Crippen LogP contribution in [0.15, 0.2) is 0 Å². The maximum atomic E-state index is 11.4. The first-order chi connectivity index (χ1) is 6.71. The molecule has 1 unspecified atom stereocenters. The summed E-state index contributed by atoms with van der Waals surface area (Å²) in [5.41, 5.74) is 0.299. The average molecular weight is 233 g/mol. The molecule has 4 heteroatoms. The zero-order valence-electron chi connectivity index (χ0n) is 10.3. The second kappa shape index (κ2) is 4.42. The van der Waals surface area contributed by atoms with Gasteiger partial charge >= 0.3 is 0 Å². The lowest BCUT2D eigenvalue weighted by Gasteiger charge is -2.29. The lowest BCUT2D eigenvalue weighted by molar-refractivity contribution is 0.217. The highest BCUT2D eigenvalue weighted by molar-refractivity contribution is 7.88. The lowest BCUT2D eigenvalue weighted by atomic mass is 9.77. The molecule has 15 heavy (non-hydrogen) atoms. The van der Waals surface area contributed by atoms with Gasteiger partial charge in [-0.2, -0.15) is 0 Å². The molecule has 0 amide bonds. The average Bonchev–Trinajstić information content (AvgIpc) is 2.24. The largest absolute Gasteiger partial charge is 0.213 e. The quantitative estimate of drug-likeness (QED) is 0.695. The van der Waals surface area contributed by atoms with E-state index >= 15 is 0 Å². The summed E-state index contributed by atoms with van der Waals surface area (Å²) in [6.07, 6.45) is 4.45. The Morgan fingerprint density at radius 2 is 1.73 bits per heavy atom. The molecule has 0 N–H and O–H groups in total. The van der Waals surface area contributed by atoms with Crippen LogP contribution in [0.1, 0.15) is 40.0 Å². The highest BCUT2D eigenvalue weighted by atomic mass is 32.2. The highest BCUT2D eigenvalue weighted by Gasteiger charge is 2.29. The molecule has 0 radical (unpaired) electrons. The van der Waals surface area contributed by atoms with E-state index in [-0.39, 0.29) is 0 Å². The molecule has 1 atom stereocenters. The van der Waals surface area contributed by atoms with E-state index in [4.69, 9.17) is 0 Å². The van der Waals surface area contributed by atoms with Crippen LogP contribution < -0.4 is 0 Å². The molecule has 1 saturated heterocycles. The molecule has 90 valence electrons. The third-order valence-corrected chi connectivity index (χ3v) is 4.68. The van der Waals surface area contributed by atoms with Crippen molar-refractivity contribution in [3.8, 4) is 0 Å². The molecule has 0 spiro atoms. The van der Waals surface area contributed by atoms with Crippen LogP contribution >= 0.6 is 0 Å². The van der Waals surface area contributed by atoms with Gasteiger partial charge in [-0.25, -0.2) is 12.7 Å². The van der Waals surface area contributed by atoms with E-state index in [1.807, 2.05) is 0 Å². The van der Waals surface area contributed by atoms with Gasteiger partial charge in [0.15, 0.2) is 0 Å². The molecular weight excluding hydrogens is 210 g/mol. The predicted molar refractivity (Wildman–Crippen MR) is 63.2 cm³/mol. The van der Waals surface area contributed by atoms with Gasteiger partial charge in [0, 0.05) is 13.1 Å². The lowest BCUT2D eigenvalue weighted by Crippen LogP contribution is -2.31. The normalized spacial score (nSPS) is 26.3. The van der Waals surface area contributed by atoms with E-state index in [1.165, 1.54) is 6.26 Å². The van der Waals surface area contributed by atoms with Gasteiger partial charge in [-0.3, -0.25) is 0 Å². The van der Waals surface area contributed by atoms with Crippen molar-refractivity contribution in [2.45, 2.75) is 40.0 Å². The van der Waals surface area contributed by atoms with Gasteiger partial charge in [0.05, 0.1) is 6.26 Å². The van der Waals surface area contributed by atoms with Crippen LogP contribution in [0.4, 0.5) is 0 Å². The van der Waals surface area contributed by atoms with Crippen molar-refractivity contribution < 1.29 is 8.42 Å². The minimum atomic E-state index is -2.98. The summed E-state index contributed by atoms with van der Waals surface area (Å²) in [6.45, 7) is 8.13. The second-order valence-electron chi connectivity index (χ2n) is 5.66. The van der Waals surface area contributed by atoms with Crippen LogP contribution in [0.25, 0.3) is 0 Å². The van der Waals surface area contributed by atoms with Crippen LogP contribution in [0, 0.1) is 11.3 Å². The van der Waals surface area contributed by atoms with Gasteiger partial charge in [-0.15, -0.1) is 0 Å². The first-order valence-corrected chi connectivity index (χ1v) is 7.51. The fourth-order valence-corrected chi connectivity index (χ4v) is 3.17. The third kappa shape index (κ3) is 3.76. The molecule has 1 aliphatic heterocycles. The van der Waals surface area contributed by atoms with Crippen LogP contribution in [0.5, 0.6) is 0 Å². The summed E-state index contributed by atoms with van der Waals surface area (Å²) in [7, 11) is -2.98. The summed E-state index contributed by atoms with van der Waals surface area (Å²) >= 11 is 0. The SMILES string of the molecule is CC(C)(C)C1CCCN(S(C)(=O)=O)CC1. The first-order valence-electron chi connectivity index (χ1n) is 5.66. The Hall–Kier alpha value is -0.0900. The molecule has 1 fully saturated rings. The fraction of sp³-hybridized carbons (Fsp3) is 1.00. The van der Waals surface area contributed by atoms with Crippen LogP contribution in [0.2, 0.25) is 0 Å². The molecule has 0 saturated carbocycles. The van der Waals surface area contributed by atoms with E-state index in [2.05, 4.69) is 20.8 Å². The van der Waals surface area contributed by atoms with Crippen molar-refractivity contribution in [2.24, 2.45) is 11.3 Å². The molecule has 1 heterocycles. The minimum Gasteiger partial charge on any atom is -0.213 e. The number of hydrogen-bond donors (Lipinski definition) is 0. The van der Waals surface area contributed by atoms with Crippen molar-refractivity contribution >= 4 is 10.0 Å². The summed E-state index contributed by atoms with van der Waals surface area (Å²) < 4.78 is 24.5.